The van der Waals surface area contributed by atoms with Gasteiger partial charge in [0.15, 0.2) is 0 Å². The van der Waals surface area contributed by atoms with Gasteiger partial charge in [0.2, 0.25) is 5.91 Å². The summed E-state index contributed by atoms with van der Waals surface area (Å²) in [6.45, 7) is 1.22. The first-order valence-corrected chi connectivity index (χ1v) is 11.6. The molecule has 2 aromatic carbocycles. The van der Waals surface area contributed by atoms with E-state index in [9.17, 15) is 40.3 Å². The van der Waals surface area contributed by atoms with Crippen molar-refractivity contribution in [3.63, 3.8) is 0 Å². The fraction of sp³-hybridized carbons (Fsp3) is 0.440. The van der Waals surface area contributed by atoms with Crippen LogP contribution in [-0.2, 0) is 23.7 Å². The van der Waals surface area contributed by atoms with Gasteiger partial charge in [-0.15, -0.1) is 0 Å². The third-order valence-electron chi connectivity index (χ3n) is 6.40. The Morgan fingerprint density at radius 2 is 1.66 bits per heavy atom. The van der Waals surface area contributed by atoms with Gasteiger partial charge in [-0.1, -0.05) is 6.07 Å². The molecule has 1 heterocycles. The lowest BCUT2D eigenvalue weighted by atomic mass is 9.89. The minimum absolute atomic E-state index is 0.0303. The Bertz CT molecular complexity index is 1150. The van der Waals surface area contributed by atoms with Crippen molar-refractivity contribution in [3.05, 3.63) is 70.0 Å². The van der Waals surface area contributed by atoms with Gasteiger partial charge in [0, 0.05) is 26.2 Å². The SMILES string of the molecule is Cc1cc(F)ccc1C1CC(NCC(N)=O)CCN1C(=O)N(C)Cc1cc(C(F)(F)F)cc(C(F)(F)F)c1. The van der Waals surface area contributed by atoms with Crippen LogP contribution in [0, 0.1) is 12.7 Å². The number of benzene rings is 2. The largest absolute Gasteiger partial charge is 0.416 e. The molecule has 6 nitrogen and oxygen atoms in total. The number of piperidine rings is 1. The highest BCUT2D eigenvalue weighted by Crippen LogP contribution is 2.37. The van der Waals surface area contributed by atoms with Gasteiger partial charge in [0.25, 0.3) is 0 Å². The van der Waals surface area contributed by atoms with Crippen molar-refractivity contribution in [2.75, 3.05) is 20.1 Å². The first kappa shape index (κ1) is 29.2. The predicted octanol–water partition coefficient (Wildman–Crippen LogP) is 5.00. The summed E-state index contributed by atoms with van der Waals surface area (Å²) in [4.78, 5) is 27.1. The van der Waals surface area contributed by atoms with Crippen molar-refractivity contribution >= 4 is 11.9 Å². The summed E-state index contributed by atoms with van der Waals surface area (Å²) in [6, 6.07) is 3.80. The second-order valence-corrected chi connectivity index (χ2v) is 9.33. The molecule has 2 aromatic rings. The number of nitrogens with zero attached hydrogens (tertiary/aromatic N) is 2. The number of hydrogen-bond acceptors (Lipinski definition) is 3. The second kappa shape index (κ2) is 11.2. The molecule has 208 valence electrons. The molecule has 0 aromatic heterocycles. The molecule has 38 heavy (non-hydrogen) atoms. The average molecular weight is 549 g/mol. The number of amides is 3. The molecule has 1 fully saturated rings. The quantitative estimate of drug-likeness (QED) is 0.499. The summed E-state index contributed by atoms with van der Waals surface area (Å²) in [6.07, 6.45) is -9.29. The van der Waals surface area contributed by atoms with Crippen LogP contribution in [0.3, 0.4) is 0 Å². The van der Waals surface area contributed by atoms with E-state index < -0.39 is 53.8 Å². The fourth-order valence-electron chi connectivity index (χ4n) is 4.60. The van der Waals surface area contributed by atoms with Gasteiger partial charge in [-0.25, -0.2) is 9.18 Å². The second-order valence-electron chi connectivity index (χ2n) is 9.33. The molecule has 2 atom stereocenters. The highest BCUT2D eigenvalue weighted by molar-refractivity contribution is 5.76. The number of primary amides is 1. The fourth-order valence-corrected chi connectivity index (χ4v) is 4.60. The van der Waals surface area contributed by atoms with Gasteiger partial charge in [-0.05, 0) is 66.8 Å². The molecule has 1 aliphatic rings. The highest BCUT2D eigenvalue weighted by atomic mass is 19.4. The first-order valence-electron chi connectivity index (χ1n) is 11.6. The van der Waals surface area contributed by atoms with E-state index in [0.717, 1.165) is 4.90 Å². The normalized spacial score (nSPS) is 18.4. The Morgan fingerprint density at radius 3 is 2.18 bits per heavy atom. The van der Waals surface area contributed by atoms with Crippen molar-refractivity contribution in [2.45, 2.75) is 50.7 Å². The molecule has 0 radical (unpaired) electrons. The topological polar surface area (TPSA) is 78.7 Å². The maximum atomic E-state index is 13.7. The monoisotopic (exact) mass is 548 g/mol. The van der Waals surface area contributed by atoms with Crippen LogP contribution >= 0.6 is 0 Å². The van der Waals surface area contributed by atoms with E-state index in [-0.39, 0.29) is 30.8 Å². The zero-order valence-corrected chi connectivity index (χ0v) is 20.6. The Hall–Kier alpha value is -3.35. The number of carbonyl (C=O) groups is 2. The van der Waals surface area contributed by atoms with Gasteiger partial charge in [-0.2, -0.15) is 26.3 Å². The summed E-state index contributed by atoms with van der Waals surface area (Å²) >= 11 is 0. The minimum Gasteiger partial charge on any atom is -0.369 e. The maximum absolute atomic E-state index is 13.7. The summed E-state index contributed by atoms with van der Waals surface area (Å²) in [5.74, 6) is -1.05. The predicted molar refractivity (Wildman–Crippen MR) is 124 cm³/mol. The Kier molecular flexibility index (Phi) is 8.59. The number of rotatable bonds is 6. The van der Waals surface area contributed by atoms with Gasteiger partial charge in [-0.3, -0.25) is 4.79 Å². The van der Waals surface area contributed by atoms with E-state index in [1.54, 1.807) is 6.92 Å². The van der Waals surface area contributed by atoms with Crippen LogP contribution < -0.4 is 11.1 Å². The van der Waals surface area contributed by atoms with Crippen LogP contribution in [0.1, 0.15) is 46.7 Å². The van der Waals surface area contributed by atoms with Crippen LogP contribution in [0.15, 0.2) is 36.4 Å². The van der Waals surface area contributed by atoms with Gasteiger partial charge in [0.05, 0.1) is 23.7 Å². The molecule has 0 spiro atoms. The van der Waals surface area contributed by atoms with E-state index >= 15 is 0 Å². The number of aryl methyl sites for hydroxylation is 1. The van der Waals surface area contributed by atoms with Crippen LogP contribution in [0.2, 0.25) is 0 Å². The Balaban J connectivity index is 1.89. The van der Waals surface area contributed by atoms with E-state index in [1.807, 2.05) is 0 Å². The van der Waals surface area contributed by atoms with E-state index in [1.165, 1.54) is 30.1 Å². The average Bonchev–Trinajstić information content (AvgIpc) is 2.81. The number of carbonyl (C=O) groups excluding carboxylic acids is 2. The number of alkyl halides is 6. The number of hydrogen-bond donors (Lipinski definition) is 2. The maximum Gasteiger partial charge on any atom is 0.416 e. The molecule has 2 unspecified atom stereocenters. The van der Waals surface area contributed by atoms with E-state index in [2.05, 4.69) is 5.32 Å². The number of urea groups is 1. The third kappa shape index (κ3) is 7.15. The molecular formula is C25H27F7N4O2. The number of nitrogens with one attached hydrogen (secondary N) is 1. The smallest absolute Gasteiger partial charge is 0.369 e. The summed E-state index contributed by atoms with van der Waals surface area (Å²) in [7, 11) is 1.28. The van der Waals surface area contributed by atoms with Gasteiger partial charge in [0.1, 0.15) is 5.82 Å². The number of halogens is 7. The Labute approximate surface area is 214 Å². The van der Waals surface area contributed by atoms with Crippen molar-refractivity contribution in [1.29, 1.82) is 0 Å². The summed E-state index contributed by atoms with van der Waals surface area (Å²) < 4.78 is 93.3. The molecule has 1 aliphatic heterocycles. The Morgan fingerprint density at radius 1 is 1.05 bits per heavy atom. The molecule has 0 saturated carbocycles. The summed E-state index contributed by atoms with van der Waals surface area (Å²) in [5, 5.41) is 3.01. The number of nitrogens with two attached hydrogens (primary N) is 1. The molecule has 3 rings (SSSR count). The first-order chi connectivity index (χ1) is 17.6. The number of likely N-dealkylation sites (tertiary alicyclic amines) is 1. The zero-order chi connectivity index (χ0) is 28.4. The van der Waals surface area contributed by atoms with E-state index in [0.29, 0.717) is 36.1 Å². The lowest BCUT2D eigenvalue weighted by molar-refractivity contribution is -0.143. The molecule has 3 amide bonds. The molecule has 1 saturated heterocycles. The summed E-state index contributed by atoms with van der Waals surface area (Å²) in [5.41, 5.74) is 3.11. The molecule has 13 heteroatoms. The van der Waals surface area contributed by atoms with Crippen molar-refractivity contribution < 1.29 is 40.3 Å². The lowest BCUT2D eigenvalue weighted by Crippen LogP contribution is -2.51. The lowest BCUT2D eigenvalue weighted by Gasteiger charge is -2.42. The molecular weight excluding hydrogens is 521 g/mol. The van der Waals surface area contributed by atoms with Crippen LogP contribution in [-0.4, -0.2) is 47.9 Å². The molecule has 0 aliphatic carbocycles. The zero-order valence-electron chi connectivity index (χ0n) is 20.6. The molecule has 0 bridgehead atoms. The van der Waals surface area contributed by atoms with Gasteiger partial charge >= 0.3 is 18.4 Å². The van der Waals surface area contributed by atoms with Crippen LogP contribution in [0.25, 0.3) is 0 Å². The molecule has 3 N–H and O–H groups in total. The van der Waals surface area contributed by atoms with Crippen molar-refractivity contribution in [3.8, 4) is 0 Å². The standard InChI is InChI=1S/C25H27F7N4O2/c1-14-7-18(26)3-4-20(14)21-11-19(34-12-22(33)37)5-6-36(21)23(38)35(2)13-15-8-16(24(27,28)29)10-17(9-15)25(30,31)32/h3-4,7-10,19,21,34H,5-6,11-13H2,1-2H3,(H2,33,37). The van der Waals surface area contributed by atoms with Crippen molar-refractivity contribution in [1.82, 2.24) is 15.1 Å². The van der Waals surface area contributed by atoms with Crippen LogP contribution in [0.4, 0.5) is 35.5 Å². The van der Waals surface area contributed by atoms with Crippen LogP contribution in [0.5, 0.6) is 0 Å². The van der Waals surface area contributed by atoms with Gasteiger partial charge < -0.3 is 20.9 Å². The van der Waals surface area contributed by atoms with E-state index in [4.69, 9.17) is 5.73 Å². The highest BCUT2D eigenvalue weighted by Gasteiger charge is 2.38. The third-order valence-corrected chi connectivity index (χ3v) is 6.40. The van der Waals surface area contributed by atoms with Crippen molar-refractivity contribution in [2.24, 2.45) is 5.73 Å². The minimum atomic E-state index is -5.01.